The largest absolute Gasteiger partial charge is 0.457 e. The Bertz CT molecular complexity index is 753. The Morgan fingerprint density at radius 3 is 2.68 bits per heavy atom. The molecule has 0 aliphatic carbocycles. The van der Waals surface area contributed by atoms with Crippen molar-refractivity contribution in [1.29, 1.82) is 0 Å². The molecule has 0 spiro atoms. The van der Waals surface area contributed by atoms with Crippen LogP contribution in [0.1, 0.15) is 0 Å². The van der Waals surface area contributed by atoms with Crippen LogP contribution in [0.25, 0.3) is 11.0 Å². The van der Waals surface area contributed by atoms with E-state index in [2.05, 4.69) is 10.3 Å². The van der Waals surface area contributed by atoms with E-state index in [-0.39, 0.29) is 5.69 Å². The molecule has 3 rings (SSSR count). The number of anilines is 1. The fourth-order valence-corrected chi connectivity index (χ4v) is 1.79. The molecule has 0 unspecified atom stereocenters. The van der Waals surface area contributed by atoms with Crippen LogP contribution in [0.3, 0.4) is 0 Å². The second kappa shape index (κ2) is 4.24. The highest BCUT2D eigenvalue weighted by atomic mass is 19.1. The first-order chi connectivity index (χ1) is 9.13. The topological polar surface area (TPSA) is 66.0 Å². The number of aromatic nitrogens is 3. The summed E-state index contributed by atoms with van der Waals surface area (Å²) in [6, 6.07) is 9.69. The summed E-state index contributed by atoms with van der Waals surface area (Å²) in [5.41, 5.74) is 7.12. The molecule has 0 fully saturated rings. The van der Waals surface area contributed by atoms with Gasteiger partial charge in [0.1, 0.15) is 22.8 Å². The van der Waals surface area contributed by atoms with Crippen molar-refractivity contribution in [1.82, 2.24) is 15.0 Å². The molecule has 6 heteroatoms. The van der Waals surface area contributed by atoms with Gasteiger partial charge in [-0.15, -0.1) is 5.10 Å². The molecular formula is C13H11FN4O. The van der Waals surface area contributed by atoms with E-state index >= 15 is 0 Å². The molecule has 5 nitrogen and oxygen atoms in total. The smallest absolute Gasteiger partial charge is 0.149 e. The Labute approximate surface area is 108 Å². The zero-order valence-corrected chi connectivity index (χ0v) is 10.2. The molecule has 2 aromatic carbocycles. The molecule has 96 valence electrons. The van der Waals surface area contributed by atoms with Crippen LogP contribution in [0.5, 0.6) is 11.5 Å². The van der Waals surface area contributed by atoms with Gasteiger partial charge in [-0.2, -0.15) is 0 Å². The molecular weight excluding hydrogens is 247 g/mol. The number of hydrogen-bond donors (Lipinski definition) is 1. The van der Waals surface area contributed by atoms with Gasteiger partial charge in [0, 0.05) is 19.2 Å². The van der Waals surface area contributed by atoms with E-state index in [1.54, 1.807) is 22.9 Å². The van der Waals surface area contributed by atoms with Gasteiger partial charge in [-0.25, -0.2) is 9.07 Å². The maximum Gasteiger partial charge on any atom is 0.149 e. The van der Waals surface area contributed by atoms with Crippen molar-refractivity contribution in [2.45, 2.75) is 0 Å². The average Bonchev–Trinajstić information content (AvgIpc) is 2.75. The maximum absolute atomic E-state index is 13.3. The highest BCUT2D eigenvalue weighted by molar-refractivity contribution is 5.76. The van der Waals surface area contributed by atoms with Gasteiger partial charge in [0.15, 0.2) is 0 Å². The fourth-order valence-electron chi connectivity index (χ4n) is 1.79. The number of fused-ring (bicyclic) bond motifs is 1. The lowest BCUT2D eigenvalue weighted by atomic mass is 10.2. The first-order valence-corrected chi connectivity index (χ1v) is 5.66. The number of halogens is 1. The van der Waals surface area contributed by atoms with Gasteiger partial charge in [0.25, 0.3) is 0 Å². The fraction of sp³-hybridized carbons (Fsp3) is 0.0769. The third-order valence-corrected chi connectivity index (χ3v) is 2.79. The molecule has 0 aliphatic rings. The molecule has 0 aliphatic heterocycles. The van der Waals surface area contributed by atoms with E-state index in [9.17, 15) is 4.39 Å². The summed E-state index contributed by atoms with van der Waals surface area (Å²) in [4.78, 5) is 0. The number of nitrogens with zero attached hydrogens (tertiary/aromatic N) is 3. The summed E-state index contributed by atoms with van der Waals surface area (Å²) < 4.78 is 20.5. The van der Waals surface area contributed by atoms with Gasteiger partial charge in [0.05, 0.1) is 11.2 Å². The lowest BCUT2D eigenvalue weighted by Gasteiger charge is -2.06. The van der Waals surface area contributed by atoms with Gasteiger partial charge in [-0.1, -0.05) is 5.21 Å². The third-order valence-electron chi connectivity index (χ3n) is 2.79. The molecule has 1 aromatic heterocycles. The number of nitrogens with two attached hydrogens (primary N) is 1. The summed E-state index contributed by atoms with van der Waals surface area (Å²) in [7, 11) is 1.81. The van der Waals surface area contributed by atoms with E-state index in [1.165, 1.54) is 12.1 Å². The molecule has 0 bridgehead atoms. The van der Waals surface area contributed by atoms with Crippen LogP contribution in [0, 0.1) is 5.82 Å². The van der Waals surface area contributed by atoms with Crippen LogP contribution in [0.15, 0.2) is 36.4 Å². The third kappa shape index (κ3) is 2.08. The molecule has 0 amide bonds. The molecule has 0 saturated carbocycles. The zero-order valence-electron chi connectivity index (χ0n) is 10.2. The first kappa shape index (κ1) is 11.5. The summed E-state index contributed by atoms with van der Waals surface area (Å²) in [6.07, 6.45) is 0. The predicted octanol–water partition coefficient (Wildman–Crippen LogP) is 2.48. The van der Waals surface area contributed by atoms with Crippen molar-refractivity contribution in [3.63, 3.8) is 0 Å². The summed E-state index contributed by atoms with van der Waals surface area (Å²) in [5, 5.41) is 7.90. The minimum Gasteiger partial charge on any atom is -0.457 e. The zero-order chi connectivity index (χ0) is 13.4. The van der Waals surface area contributed by atoms with Crippen LogP contribution in [0.4, 0.5) is 10.1 Å². The molecule has 1 heterocycles. The van der Waals surface area contributed by atoms with E-state index in [0.717, 1.165) is 11.0 Å². The predicted molar refractivity (Wildman–Crippen MR) is 69.4 cm³/mol. The van der Waals surface area contributed by atoms with Gasteiger partial charge in [-0.3, -0.25) is 0 Å². The average molecular weight is 258 g/mol. The second-order valence-corrected chi connectivity index (χ2v) is 4.15. The number of aryl methyl sites for hydroxylation is 1. The molecule has 0 atom stereocenters. The Hall–Kier alpha value is -2.63. The normalized spacial score (nSPS) is 10.8. The maximum atomic E-state index is 13.3. The summed E-state index contributed by atoms with van der Waals surface area (Å²) in [6.45, 7) is 0. The summed E-state index contributed by atoms with van der Waals surface area (Å²) in [5.74, 6) is 0.449. The monoisotopic (exact) mass is 258 g/mol. The van der Waals surface area contributed by atoms with Gasteiger partial charge < -0.3 is 10.5 Å². The van der Waals surface area contributed by atoms with Crippen molar-refractivity contribution in [3.05, 3.63) is 42.2 Å². The SMILES string of the molecule is Cn1nnc2cc(Oc3ccc(N)c(F)c3)ccc21. The number of ether oxygens (including phenoxy) is 1. The number of benzene rings is 2. The molecule has 0 radical (unpaired) electrons. The van der Waals surface area contributed by atoms with Crippen LogP contribution in [0.2, 0.25) is 0 Å². The minimum absolute atomic E-state index is 0.0942. The molecule has 3 aromatic rings. The van der Waals surface area contributed by atoms with Crippen LogP contribution >= 0.6 is 0 Å². The van der Waals surface area contributed by atoms with Crippen molar-refractivity contribution < 1.29 is 9.13 Å². The first-order valence-electron chi connectivity index (χ1n) is 5.66. The van der Waals surface area contributed by atoms with Crippen LogP contribution in [-0.2, 0) is 7.05 Å². The number of nitrogen functional groups attached to an aromatic ring is 1. The lowest BCUT2D eigenvalue weighted by Crippen LogP contribution is -1.92. The molecule has 0 saturated heterocycles. The van der Waals surface area contributed by atoms with Crippen molar-refractivity contribution in [2.75, 3.05) is 5.73 Å². The van der Waals surface area contributed by atoms with Crippen molar-refractivity contribution in [3.8, 4) is 11.5 Å². The standard InChI is InChI=1S/C13H11FN4O/c1-18-13-5-3-9(7-12(13)16-17-18)19-8-2-4-11(15)10(14)6-8/h2-7H,15H2,1H3. The van der Waals surface area contributed by atoms with Gasteiger partial charge in [0.2, 0.25) is 0 Å². The van der Waals surface area contributed by atoms with E-state index in [4.69, 9.17) is 10.5 Å². The molecule has 19 heavy (non-hydrogen) atoms. The van der Waals surface area contributed by atoms with Gasteiger partial charge in [-0.05, 0) is 24.3 Å². The quantitative estimate of drug-likeness (QED) is 0.717. The Morgan fingerprint density at radius 2 is 1.89 bits per heavy atom. The van der Waals surface area contributed by atoms with Crippen molar-refractivity contribution in [2.24, 2.45) is 7.05 Å². The second-order valence-electron chi connectivity index (χ2n) is 4.15. The van der Waals surface area contributed by atoms with Crippen LogP contribution < -0.4 is 10.5 Å². The van der Waals surface area contributed by atoms with Gasteiger partial charge >= 0.3 is 0 Å². The Balaban J connectivity index is 1.94. The lowest BCUT2D eigenvalue weighted by molar-refractivity contribution is 0.478. The molecule has 2 N–H and O–H groups in total. The van der Waals surface area contributed by atoms with E-state index in [0.29, 0.717) is 11.5 Å². The Morgan fingerprint density at radius 1 is 1.16 bits per heavy atom. The van der Waals surface area contributed by atoms with E-state index in [1.807, 2.05) is 13.1 Å². The summed E-state index contributed by atoms with van der Waals surface area (Å²) >= 11 is 0. The highest BCUT2D eigenvalue weighted by Gasteiger charge is 2.05. The van der Waals surface area contributed by atoms with E-state index < -0.39 is 5.82 Å². The highest BCUT2D eigenvalue weighted by Crippen LogP contribution is 2.26. The minimum atomic E-state index is -0.502. The number of hydrogen-bond acceptors (Lipinski definition) is 4. The Kier molecular flexibility index (Phi) is 2.56. The van der Waals surface area contributed by atoms with Crippen LogP contribution in [-0.4, -0.2) is 15.0 Å². The number of rotatable bonds is 2. The van der Waals surface area contributed by atoms with Crippen molar-refractivity contribution >= 4 is 16.7 Å².